The van der Waals surface area contributed by atoms with Gasteiger partial charge in [-0.1, -0.05) is 18.2 Å². The van der Waals surface area contributed by atoms with Gasteiger partial charge in [-0.3, -0.25) is 4.79 Å². The van der Waals surface area contributed by atoms with E-state index in [0.717, 1.165) is 5.69 Å². The Bertz CT molecular complexity index is 466. The Balaban J connectivity index is 1.97. The molecule has 0 aromatic heterocycles. The summed E-state index contributed by atoms with van der Waals surface area (Å²) in [6, 6.07) is 8.66. The molecule has 2 atom stereocenters. The maximum Gasteiger partial charge on any atom is 0.327 e. The second kappa shape index (κ2) is 5.97. The molecular weight excluding hydrogens is 264 g/mol. The summed E-state index contributed by atoms with van der Waals surface area (Å²) >= 11 is 1.49. The highest BCUT2D eigenvalue weighted by Gasteiger charge is 2.39. The molecule has 1 amide bonds. The largest absolute Gasteiger partial charge is 0.480 e. The third-order valence-corrected chi connectivity index (χ3v) is 4.23. The first kappa shape index (κ1) is 13.7. The van der Waals surface area contributed by atoms with Gasteiger partial charge in [0.05, 0.1) is 11.9 Å². The summed E-state index contributed by atoms with van der Waals surface area (Å²) < 4.78 is 0. The molecule has 0 bridgehead atoms. The van der Waals surface area contributed by atoms with Crippen molar-refractivity contribution in [2.75, 3.05) is 17.6 Å². The molecule has 1 heterocycles. The zero-order chi connectivity index (χ0) is 13.8. The van der Waals surface area contributed by atoms with E-state index in [9.17, 15) is 9.59 Å². The van der Waals surface area contributed by atoms with Crippen molar-refractivity contribution < 1.29 is 14.7 Å². The summed E-state index contributed by atoms with van der Waals surface area (Å²) in [5.41, 5.74) is 0.849. The first-order chi connectivity index (χ1) is 9.09. The van der Waals surface area contributed by atoms with Crippen LogP contribution in [0.5, 0.6) is 0 Å². The number of para-hydroxylation sites is 1. The van der Waals surface area contributed by atoms with E-state index in [0.29, 0.717) is 5.75 Å². The van der Waals surface area contributed by atoms with E-state index in [1.165, 1.54) is 16.7 Å². The fraction of sp³-hybridized carbons (Fsp3) is 0.385. The van der Waals surface area contributed by atoms with Crippen LogP contribution in [0.2, 0.25) is 0 Å². The molecular formula is C13H16N2O3S. The first-order valence-corrected chi connectivity index (χ1v) is 7.09. The summed E-state index contributed by atoms with van der Waals surface area (Å²) in [4.78, 5) is 24.7. The molecule has 0 radical (unpaired) electrons. The third kappa shape index (κ3) is 3.20. The Morgan fingerprint density at radius 1 is 1.42 bits per heavy atom. The number of anilines is 1. The summed E-state index contributed by atoms with van der Waals surface area (Å²) in [6.45, 7) is 1.96. The van der Waals surface area contributed by atoms with Gasteiger partial charge in [0, 0.05) is 11.4 Å². The number of benzene rings is 1. The summed E-state index contributed by atoms with van der Waals surface area (Å²) in [7, 11) is 0. The number of nitrogens with one attached hydrogen (secondary N) is 1. The smallest absolute Gasteiger partial charge is 0.327 e. The molecule has 0 spiro atoms. The van der Waals surface area contributed by atoms with Crippen LogP contribution in [0.3, 0.4) is 0 Å². The number of carbonyl (C=O) groups is 2. The Hall–Kier alpha value is -1.69. The molecule has 0 aliphatic carbocycles. The maximum atomic E-state index is 12.1. The summed E-state index contributed by atoms with van der Waals surface area (Å²) in [6.07, 6.45) is 0. The van der Waals surface area contributed by atoms with Gasteiger partial charge in [0.2, 0.25) is 5.91 Å². The number of carboxylic acids is 1. The van der Waals surface area contributed by atoms with Gasteiger partial charge in [-0.2, -0.15) is 0 Å². The number of amides is 1. The lowest BCUT2D eigenvalue weighted by molar-refractivity contribution is -0.148. The van der Waals surface area contributed by atoms with Crippen molar-refractivity contribution in [3.05, 3.63) is 30.3 Å². The monoisotopic (exact) mass is 280 g/mol. The second-order valence-corrected chi connectivity index (χ2v) is 5.66. The molecule has 19 heavy (non-hydrogen) atoms. The van der Waals surface area contributed by atoms with Crippen molar-refractivity contribution in [2.24, 2.45) is 0 Å². The highest BCUT2D eigenvalue weighted by Crippen LogP contribution is 2.28. The average molecular weight is 280 g/mol. The van der Waals surface area contributed by atoms with Crippen molar-refractivity contribution in [3.8, 4) is 0 Å². The van der Waals surface area contributed by atoms with Crippen LogP contribution >= 0.6 is 11.8 Å². The Morgan fingerprint density at radius 2 is 2.11 bits per heavy atom. The topological polar surface area (TPSA) is 69.6 Å². The minimum Gasteiger partial charge on any atom is -0.480 e. The lowest BCUT2D eigenvalue weighted by Crippen LogP contribution is -2.47. The molecule has 5 nitrogen and oxygen atoms in total. The van der Waals surface area contributed by atoms with E-state index in [1.54, 1.807) is 0 Å². The molecule has 1 aliphatic rings. The Kier molecular flexibility index (Phi) is 4.31. The predicted octanol–water partition coefficient (Wildman–Crippen LogP) is 1.47. The minimum atomic E-state index is -0.940. The van der Waals surface area contributed by atoms with Crippen LogP contribution in [0.4, 0.5) is 5.69 Å². The van der Waals surface area contributed by atoms with Gasteiger partial charge in [0.25, 0.3) is 0 Å². The van der Waals surface area contributed by atoms with Crippen molar-refractivity contribution >= 4 is 29.3 Å². The lowest BCUT2D eigenvalue weighted by atomic mass is 10.2. The summed E-state index contributed by atoms with van der Waals surface area (Å²) in [5.74, 6) is -0.674. The van der Waals surface area contributed by atoms with Gasteiger partial charge in [-0.05, 0) is 19.1 Å². The number of thioether (sulfide) groups is 1. The van der Waals surface area contributed by atoms with Crippen LogP contribution in [0.25, 0.3) is 0 Å². The molecule has 1 saturated heterocycles. The molecule has 1 fully saturated rings. The van der Waals surface area contributed by atoms with E-state index >= 15 is 0 Å². The van der Waals surface area contributed by atoms with Crippen molar-refractivity contribution in [3.63, 3.8) is 0 Å². The number of hydrogen-bond acceptors (Lipinski definition) is 4. The number of hydrogen-bond donors (Lipinski definition) is 2. The van der Waals surface area contributed by atoms with Crippen LogP contribution in [0, 0.1) is 0 Å². The van der Waals surface area contributed by atoms with Gasteiger partial charge < -0.3 is 15.3 Å². The number of carbonyl (C=O) groups excluding carboxylic acids is 1. The number of carboxylic acid groups (broad SMARTS) is 1. The van der Waals surface area contributed by atoms with Crippen molar-refractivity contribution in [2.45, 2.75) is 18.3 Å². The summed E-state index contributed by atoms with van der Waals surface area (Å²) in [5, 5.41) is 12.0. The molecule has 2 rings (SSSR count). The zero-order valence-electron chi connectivity index (χ0n) is 10.6. The Labute approximate surface area is 116 Å². The molecule has 1 aliphatic heterocycles. The van der Waals surface area contributed by atoms with Crippen LogP contribution in [-0.4, -0.2) is 45.6 Å². The second-order valence-electron chi connectivity index (χ2n) is 4.31. The van der Waals surface area contributed by atoms with E-state index in [1.807, 2.05) is 37.3 Å². The molecule has 0 saturated carbocycles. The van der Waals surface area contributed by atoms with Crippen LogP contribution < -0.4 is 5.32 Å². The standard InChI is InChI=1S/C13H16N2O3S/c1-9-15(11(8-19-9)13(17)18)12(16)7-14-10-5-3-2-4-6-10/h2-6,9,11,14H,7-8H2,1H3,(H,17,18). The van der Waals surface area contributed by atoms with Gasteiger partial charge in [-0.15, -0.1) is 11.8 Å². The third-order valence-electron chi connectivity index (χ3n) is 3.01. The zero-order valence-corrected chi connectivity index (χ0v) is 11.4. The quantitative estimate of drug-likeness (QED) is 0.874. The molecule has 6 heteroatoms. The van der Waals surface area contributed by atoms with Gasteiger partial charge >= 0.3 is 5.97 Å². The van der Waals surface area contributed by atoms with Crippen molar-refractivity contribution in [1.29, 1.82) is 0 Å². The van der Waals surface area contributed by atoms with E-state index in [4.69, 9.17) is 5.11 Å². The molecule has 102 valence electrons. The fourth-order valence-electron chi connectivity index (χ4n) is 2.04. The number of nitrogens with zero attached hydrogens (tertiary/aromatic N) is 1. The van der Waals surface area contributed by atoms with Crippen LogP contribution in [0.1, 0.15) is 6.92 Å². The minimum absolute atomic E-state index is 0.0915. The average Bonchev–Trinajstić information content (AvgIpc) is 2.79. The van der Waals surface area contributed by atoms with Crippen molar-refractivity contribution in [1.82, 2.24) is 4.90 Å². The highest BCUT2D eigenvalue weighted by molar-refractivity contribution is 8.00. The Morgan fingerprint density at radius 3 is 2.74 bits per heavy atom. The lowest BCUT2D eigenvalue weighted by Gasteiger charge is -2.25. The van der Waals surface area contributed by atoms with Gasteiger partial charge in [0.1, 0.15) is 6.04 Å². The normalized spacial score (nSPS) is 22.3. The predicted molar refractivity (Wildman–Crippen MR) is 75.1 cm³/mol. The molecule has 1 aromatic rings. The SMILES string of the molecule is CC1SCC(C(=O)O)N1C(=O)CNc1ccccc1. The number of rotatable bonds is 4. The first-order valence-electron chi connectivity index (χ1n) is 6.04. The molecule has 2 N–H and O–H groups in total. The maximum absolute atomic E-state index is 12.1. The van der Waals surface area contributed by atoms with Gasteiger partial charge in [-0.25, -0.2) is 4.79 Å². The van der Waals surface area contributed by atoms with Crippen LogP contribution in [0.15, 0.2) is 30.3 Å². The van der Waals surface area contributed by atoms with E-state index in [2.05, 4.69) is 5.32 Å². The molecule has 2 unspecified atom stereocenters. The molecule has 1 aromatic carbocycles. The highest BCUT2D eigenvalue weighted by atomic mass is 32.2. The fourth-order valence-corrected chi connectivity index (χ4v) is 3.23. The van der Waals surface area contributed by atoms with E-state index in [-0.39, 0.29) is 17.8 Å². The number of aliphatic carboxylic acids is 1. The van der Waals surface area contributed by atoms with Crippen LogP contribution in [-0.2, 0) is 9.59 Å². The van der Waals surface area contributed by atoms with Gasteiger partial charge in [0.15, 0.2) is 0 Å². The van der Waals surface area contributed by atoms with E-state index < -0.39 is 12.0 Å².